The van der Waals surface area contributed by atoms with Gasteiger partial charge in [-0.1, -0.05) is 35.2 Å². The van der Waals surface area contributed by atoms with Crippen LogP contribution in [0.25, 0.3) is 0 Å². The summed E-state index contributed by atoms with van der Waals surface area (Å²) in [5.41, 5.74) is 1.63. The van der Waals surface area contributed by atoms with Gasteiger partial charge in [0.15, 0.2) is 0 Å². The minimum atomic E-state index is -0.922. The van der Waals surface area contributed by atoms with Gasteiger partial charge < -0.3 is 14.8 Å². The van der Waals surface area contributed by atoms with Crippen LogP contribution in [0.4, 0.5) is 15.8 Å². The fourth-order valence-electron chi connectivity index (χ4n) is 5.52. The highest BCUT2D eigenvalue weighted by Gasteiger charge is 2.56. The average molecular weight is 648 g/mol. The van der Waals surface area contributed by atoms with E-state index in [4.69, 9.17) is 9.47 Å². The fourth-order valence-corrected chi connectivity index (χ4v) is 8.29. The van der Waals surface area contributed by atoms with Crippen molar-refractivity contribution in [2.75, 3.05) is 23.9 Å². The molecule has 0 bridgehead atoms. The first-order valence-electron chi connectivity index (χ1n) is 13.9. The molecule has 3 atom stereocenters. The summed E-state index contributed by atoms with van der Waals surface area (Å²) >= 11 is 1.97. The summed E-state index contributed by atoms with van der Waals surface area (Å²) in [5, 5.41) is 2.25. The molecule has 2 aliphatic rings. The number of fused-ring (bicyclic) bond motifs is 2. The van der Waals surface area contributed by atoms with Crippen LogP contribution < -0.4 is 19.8 Å². The van der Waals surface area contributed by atoms with Gasteiger partial charge in [0.2, 0.25) is 17.7 Å². The first-order valence-corrected chi connectivity index (χ1v) is 15.6. The molecule has 0 radical (unpaired) electrons. The van der Waals surface area contributed by atoms with Gasteiger partial charge in [-0.2, -0.15) is 0 Å². The van der Waals surface area contributed by atoms with Crippen molar-refractivity contribution >= 4 is 58.2 Å². The molecule has 10 nitrogen and oxygen atoms in total. The molecular weight excluding hydrogens is 621 g/mol. The van der Waals surface area contributed by atoms with E-state index in [9.17, 15) is 28.4 Å². The summed E-state index contributed by atoms with van der Waals surface area (Å²) in [4.78, 5) is 67.6. The molecule has 0 saturated carbocycles. The van der Waals surface area contributed by atoms with Gasteiger partial charge in [0.25, 0.3) is 0 Å². The lowest BCUT2D eigenvalue weighted by atomic mass is 9.83. The number of thioether (sulfide) groups is 1. The van der Waals surface area contributed by atoms with Gasteiger partial charge in [0.05, 0.1) is 35.9 Å². The van der Waals surface area contributed by atoms with Crippen molar-refractivity contribution in [3.8, 4) is 5.75 Å². The lowest BCUT2D eigenvalue weighted by molar-refractivity contribution is -0.122. The molecule has 1 fully saturated rings. The third kappa shape index (κ3) is 5.64. The summed E-state index contributed by atoms with van der Waals surface area (Å²) in [6.45, 7) is 1.57. The van der Waals surface area contributed by atoms with Crippen LogP contribution in [-0.4, -0.2) is 47.2 Å². The van der Waals surface area contributed by atoms with Gasteiger partial charge >= 0.3 is 10.8 Å². The van der Waals surface area contributed by atoms with Crippen molar-refractivity contribution in [3.63, 3.8) is 0 Å². The fraction of sp³-hybridized carbons (Fsp3) is 0.219. The van der Waals surface area contributed by atoms with Crippen LogP contribution in [0.5, 0.6) is 5.75 Å². The third-order valence-corrected chi connectivity index (χ3v) is 10.2. The molecule has 6 rings (SSSR count). The molecule has 1 saturated heterocycles. The van der Waals surface area contributed by atoms with E-state index < -0.39 is 51.5 Å². The molecule has 0 aliphatic carbocycles. The van der Waals surface area contributed by atoms with Crippen LogP contribution in [-0.2, 0) is 25.7 Å². The first-order chi connectivity index (χ1) is 21.7. The number of nitrogens with zero attached hydrogens (tertiary/aromatic N) is 2. The van der Waals surface area contributed by atoms with E-state index in [1.807, 2.05) is 0 Å². The summed E-state index contributed by atoms with van der Waals surface area (Å²) in [5.74, 6) is -3.45. The van der Waals surface area contributed by atoms with Gasteiger partial charge in [-0.15, -0.1) is 0 Å². The Labute approximate surface area is 264 Å². The quantitative estimate of drug-likeness (QED) is 0.216. The van der Waals surface area contributed by atoms with Crippen molar-refractivity contribution in [3.05, 3.63) is 104 Å². The lowest BCUT2D eigenvalue weighted by Crippen LogP contribution is -2.33. The number of methoxy groups -OCH3 is 1. The molecule has 1 aromatic heterocycles. The maximum Gasteiger partial charge on any atom is 0.338 e. The molecule has 45 heavy (non-hydrogen) atoms. The number of hydrogen-bond acceptors (Lipinski definition) is 9. The second kappa shape index (κ2) is 12.3. The Morgan fingerprint density at radius 1 is 0.933 bits per heavy atom. The van der Waals surface area contributed by atoms with Crippen LogP contribution >= 0.6 is 23.1 Å². The number of carbonyl (C=O) groups excluding carboxylic acids is 4. The number of carbonyl (C=O) groups is 4. The molecule has 3 heterocycles. The topological polar surface area (TPSA) is 124 Å². The van der Waals surface area contributed by atoms with Crippen molar-refractivity contribution in [2.24, 2.45) is 5.92 Å². The number of esters is 1. The molecular formula is C32H26FN3O7S2. The number of rotatable bonds is 8. The largest absolute Gasteiger partial charge is 0.497 e. The maximum atomic E-state index is 14.0. The Hall–Kier alpha value is -4.75. The molecule has 3 aromatic carbocycles. The number of ether oxygens (including phenoxy) is 2. The summed E-state index contributed by atoms with van der Waals surface area (Å²) < 4.78 is 25.4. The van der Waals surface area contributed by atoms with Crippen molar-refractivity contribution in [1.82, 2.24) is 4.57 Å². The van der Waals surface area contributed by atoms with E-state index in [1.54, 1.807) is 31.2 Å². The Morgan fingerprint density at radius 3 is 2.27 bits per heavy atom. The highest BCUT2D eigenvalue weighted by Crippen LogP contribution is 2.53. The lowest BCUT2D eigenvalue weighted by Gasteiger charge is -2.30. The standard InChI is InChI=1S/C32H26FN3O7S2/c1-3-43-31(40)18-6-12-21(13-7-18)36-28(38)25-24(17-4-8-19(33)9-5-17)27-30(44-26(25)29(36)39)35(32(41)45-27)16-23(37)34-20-10-14-22(42-2)15-11-20/h4-15,24-26H,3,16H2,1-2H3,(H,34,37). The second-order valence-corrected chi connectivity index (χ2v) is 12.4. The predicted molar refractivity (Wildman–Crippen MR) is 166 cm³/mol. The molecule has 3 amide bonds. The van der Waals surface area contributed by atoms with Gasteiger partial charge in [-0.05, 0) is 73.2 Å². The van der Waals surface area contributed by atoms with Gasteiger partial charge in [0.1, 0.15) is 23.4 Å². The SMILES string of the molecule is CCOC(=O)c1ccc(N2C(=O)C3Sc4c(sc(=O)n4CC(=O)Nc4ccc(OC)cc4)C(c4ccc(F)cc4)C3C2=O)cc1. The number of anilines is 2. The minimum absolute atomic E-state index is 0.202. The van der Waals surface area contributed by atoms with E-state index in [0.29, 0.717) is 26.9 Å². The van der Waals surface area contributed by atoms with E-state index in [1.165, 1.54) is 60.2 Å². The summed E-state index contributed by atoms with van der Waals surface area (Å²) in [6.07, 6.45) is 0. The summed E-state index contributed by atoms with van der Waals surface area (Å²) in [7, 11) is 1.53. The zero-order valence-corrected chi connectivity index (χ0v) is 25.7. The van der Waals surface area contributed by atoms with E-state index in [-0.39, 0.29) is 24.4 Å². The Morgan fingerprint density at radius 2 is 1.62 bits per heavy atom. The third-order valence-electron chi connectivity index (χ3n) is 7.59. The minimum Gasteiger partial charge on any atom is -0.497 e. The van der Waals surface area contributed by atoms with E-state index >= 15 is 0 Å². The average Bonchev–Trinajstić information content (AvgIpc) is 3.48. The van der Waals surface area contributed by atoms with Crippen LogP contribution in [0, 0.1) is 11.7 Å². The van der Waals surface area contributed by atoms with Crippen molar-refractivity contribution in [1.29, 1.82) is 0 Å². The predicted octanol–water partition coefficient (Wildman–Crippen LogP) is 4.67. The number of aromatic nitrogens is 1. The van der Waals surface area contributed by atoms with E-state index in [0.717, 1.165) is 28.0 Å². The molecule has 0 spiro atoms. The number of benzene rings is 3. The number of thiazole rings is 1. The van der Waals surface area contributed by atoms with Crippen LogP contribution in [0.1, 0.15) is 33.6 Å². The van der Waals surface area contributed by atoms with Crippen molar-refractivity contribution in [2.45, 2.75) is 29.7 Å². The summed E-state index contributed by atoms with van der Waals surface area (Å²) in [6, 6.07) is 18.3. The van der Waals surface area contributed by atoms with Crippen LogP contribution in [0.3, 0.4) is 0 Å². The van der Waals surface area contributed by atoms with Crippen LogP contribution in [0.2, 0.25) is 0 Å². The zero-order valence-electron chi connectivity index (χ0n) is 24.0. The van der Waals surface area contributed by atoms with Gasteiger partial charge in [-0.25, -0.2) is 14.1 Å². The highest BCUT2D eigenvalue weighted by molar-refractivity contribution is 8.00. The number of imide groups is 1. The molecule has 1 N–H and O–H groups in total. The second-order valence-electron chi connectivity index (χ2n) is 10.3. The molecule has 3 unspecified atom stereocenters. The molecule has 4 aromatic rings. The smallest absolute Gasteiger partial charge is 0.338 e. The van der Waals surface area contributed by atoms with Crippen LogP contribution in [0.15, 0.2) is 82.6 Å². The zero-order chi connectivity index (χ0) is 31.8. The molecule has 2 aliphatic heterocycles. The molecule has 230 valence electrons. The van der Waals surface area contributed by atoms with Crippen molar-refractivity contribution < 1.29 is 33.0 Å². The number of nitrogens with one attached hydrogen (secondary N) is 1. The number of hydrogen-bond donors (Lipinski definition) is 1. The highest BCUT2D eigenvalue weighted by atomic mass is 32.2. The maximum absolute atomic E-state index is 14.0. The van der Waals surface area contributed by atoms with E-state index in [2.05, 4.69) is 5.32 Å². The monoisotopic (exact) mass is 647 g/mol. The Bertz CT molecular complexity index is 1850. The number of halogens is 1. The first kappa shape index (κ1) is 30.3. The van der Waals surface area contributed by atoms with Gasteiger partial charge in [-0.3, -0.25) is 23.7 Å². The number of amides is 3. The Kier molecular flexibility index (Phi) is 8.30. The van der Waals surface area contributed by atoms with Gasteiger partial charge in [0, 0.05) is 16.5 Å². The Balaban J connectivity index is 1.35. The normalized spacial score (nSPS) is 18.7. The molecule has 13 heteroatoms.